The molecule has 0 aromatic carbocycles. The van der Waals surface area contributed by atoms with Crippen molar-refractivity contribution in [1.82, 2.24) is 19.7 Å². The third-order valence-corrected chi connectivity index (χ3v) is 6.93. The molecule has 0 aliphatic carbocycles. The summed E-state index contributed by atoms with van der Waals surface area (Å²) in [6.07, 6.45) is 4.08. The van der Waals surface area contributed by atoms with Gasteiger partial charge in [-0.15, -0.1) is 0 Å². The monoisotopic (exact) mass is 388 g/mol. The van der Waals surface area contributed by atoms with Crippen molar-refractivity contribution >= 4 is 5.97 Å². The number of aromatic nitrogens is 1. The molecule has 28 heavy (non-hydrogen) atoms. The third kappa shape index (κ3) is 3.94. The molecule has 4 rings (SSSR count). The van der Waals surface area contributed by atoms with Crippen LogP contribution in [0.5, 0.6) is 0 Å². The lowest BCUT2D eigenvalue weighted by Gasteiger charge is -2.37. The Hall–Kier alpha value is -1.54. The number of rotatable bonds is 7. The van der Waals surface area contributed by atoms with Crippen molar-refractivity contribution in [2.24, 2.45) is 11.3 Å². The molecular formula is C21H32N4O3. The Labute approximate surface area is 167 Å². The van der Waals surface area contributed by atoms with Crippen LogP contribution in [0, 0.1) is 11.3 Å². The van der Waals surface area contributed by atoms with E-state index in [-0.39, 0.29) is 5.92 Å². The second-order valence-corrected chi connectivity index (χ2v) is 8.64. The quantitative estimate of drug-likeness (QED) is 0.748. The lowest BCUT2D eigenvalue weighted by molar-refractivity contribution is -0.149. The van der Waals surface area contributed by atoms with Crippen LogP contribution >= 0.6 is 0 Å². The normalized spacial score (nSPS) is 30.0. The highest BCUT2D eigenvalue weighted by Crippen LogP contribution is 2.44. The maximum atomic E-state index is 12.2. The van der Waals surface area contributed by atoms with Crippen molar-refractivity contribution in [3.05, 3.63) is 30.1 Å². The minimum absolute atomic E-state index is 0.230. The van der Waals surface area contributed by atoms with E-state index in [0.29, 0.717) is 25.7 Å². The van der Waals surface area contributed by atoms with Crippen LogP contribution in [0.2, 0.25) is 0 Å². The predicted molar refractivity (Wildman–Crippen MR) is 106 cm³/mol. The van der Waals surface area contributed by atoms with Gasteiger partial charge in [-0.2, -0.15) is 0 Å². The summed E-state index contributed by atoms with van der Waals surface area (Å²) >= 11 is 0. The van der Waals surface area contributed by atoms with Gasteiger partial charge in [-0.3, -0.25) is 24.5 Å². The number of methoxy groups -OCH3 is 1. The fourth-order valence-electron chi connectivity index (χ4n) is 5.34. The number of carboxylic acid groups (broad SMARTS) is 1. The molecule has 3 aliphatic rings. The van der Waals surface area contributed by atoms with E-state index >= 15 is 0 Å². The van der Waals surface area contributed by atoms with Gasteiger partial charge in [-0.25, -0.2) is 0 Å². The van der Waals surface area contributed by atoms with Crippen molar-refractivity contribution in [1.29, 1.82) is 0 Å². The summed E-state index contributed by atoms with van der Waals surface area (Å²) in [5, 5.41) is 10.0. The molecule has 7 nitrogen and oxygen atoms in total. The largest absolute Gasteiger partial charge is 0.481 e. The fraction of sp³-hybridized carbons (Fsp3) is 0.714. The maximum Gasteiger partial charge on any atom is 0.312 e. The van der Waals surface area contributed by atoms with Gasteiger partial charge in [0.2, 0.25) is 0 Å². The highest BCUT2D eigenvalue weighted by atomic mass is 16.5. The van der Waals surface area contributed by atoms with Crippen LogP contribution in [0.4, 0.5) is 0 Å². The number of aliphatic carboxylic acids is 1. The van der Waals surface area contributed by atoms with E-state index in [1.54, 1.807) is 7.11 Å². The molecule has 1 N–H and O–H groups in total. The Kier molecular flexibility index (Phi) is 5.96. The standard InChI is InChI=1S/C21H32N4O3/c1-28-11-10-24-12-17-13-25(16-21(17,15-24)20(26)27)19-5-8-23(9-6-19)14-18-4-2-3-7-22-18/h2-4,7,17,19H,5-6,8-16H2,1H3,(H,26,27)/t17-,21-/m1/s1. The highest BCUT2D eigenvalue weighted by Gasteiger charge is 2.58. The molecule has 0 amide bonds. The molecular weight excluding hydrogens is 356 g/mol. The number of hydrogen-bond donors (Lipinski definition) is 1. The van der Waals surface area contributed by atoms with Crippen LogP contribution in [0.25, 0.3) is 0 Å². The molecule has 4 heterocycles. The molecule has 2 atom stereocenters. The number of pyridine rings is 1. The van der Waals surface area contributed by atoms with E-state index in [2.05, 4.69) is 25.8 Å². The van der Waals surface area contributed by atoms with Crippen LogP contribution in [-0.4, -0.2) is 96.3 Å². The molecule has 0 saturated carbocycles. The molecule has 154 valence electrons. The zero-order valence-electron chi connectivity index (χ0n) is 16.8. The first-order valence-electron chi connectivity index (χ1n) is 10.4. The lowest BCUT2D eigenvalue weighted by Crippen LogP contribution is -2.47. The van der Waals surface area contributed by atoms with Crippen LogP contribution in [0.3, 0.4) is 0 Å². The summed E-state index contributed by atoms with van der Waals surface area (Å²) in [5.41, 5.74) is 0.524. The van der Waals surface area contributed by atoms with Crippen molar-refractivity contribution in [3.63, 3.8) is 0 Å². The summed E-state index contributed by atoms with van der Waals surface area (Å²) < 4.78 is 5.18. The summed E-state index contributed by atoms with van der Waals surface area (Å²) in [4.78, 5) is 23.9. The van der Waals surface area contributed by atoms with Crippen molar-refractivity contribution in [2.75, 3.05) is 59.5 Å². The van der Waals surface area contributed by atoms with E-state index in [0.717, 1.165) is 57.8 Å². The molecule has 7 heteroatoms. The maximum absolute atomic E-state index is 12.2. The molecule has 1 aromatic rings. The van der Waals surface area contributed by atoms with Gasteiger partial charge >= 0.3 is 5.97 Å². The molecule has 0 bridgehead atoms. The third-order valence-electron chi connectivity index (χ3n) is 6.93. The zero-order valence-corrected chi connectivity index (χ0v) is 16.8. The van der Waals surface area contributed by atoms with Crippen LogP contribution in [0.15, 0.2) is 24.4 Å². The van der Waals surface area contributed by atoms with Crippen molar-refractivity contribution < 1.29 is 14.6 Å². The molecule has 0 spiro atoms. The number of piperidine rings is 1. The first-order valence-corrected chi connectivity index (χ1v) is 10.4. The minimum atomic E-state index is -0.618. The summed E-state index contributed by atoms with van der Waals surface area (Å²) in [6, 6.07) is 6.59. The average molecular weight is 389 g/mol. The molecule has 3 saturated heterocycles. The predicted octanol–water partition coefficient (Wildman–Crippen LogP) is 1.01. The second-order valence-electron chi connectivity index (χ2n) is 8.64. The highest BCUT2D eigenvalue weighted by molar-refractivity contribution is 5.77. The van der Waals surface area contributed by atoms with E-state index in [1.807, 2.05) is 18.3 Å². The van der Waals surface area contributed by atoms with Gasteiger partial charge < -0.3 is 9.84 Å². The molecule has 0 radical (unpaired) electrons. The summed E-state index contributed by atoms with van der Waals surface area (Å²) in [7, 11) is 1.70. The first-order chi connectivity index (χ1) is 13.6. The van der Waals surface area contributed by atoms with Gasteiger partial charge in [0, 0.05) is 77.6 Å². The fourth-order valence-corrected chi connectivity index (χ4v) is 5.34. The zero-order chi connectivity index (χ0) is 19.6. The topological polar surface area (TPSA) is 69.1 Å². The van der Waals surface area contributed by atoms with Gasteiger partial charge in [0.05, 0.1) is 17.7 Å². The van der Waals surface area contributed by atoms with Gasteiger partial charge in [-0.05, 0) is 25.0 Å². The number of ether oxygens (including phenoxy) is 1. The van der Waals surface area contributed by atoms with E-state index in [1.165, 1.54) is 0 Å². The average Bonchev–Trinajstić information content (AvgIpc) is 3.23. The Morgan fingerprint density at radius 1 is 1.25 bits per heavy atom. The number of carbonyl (C=O) groups is 1. The van der Waals surface area contributed by atoms with Gasteiger partial charge in [0.15, 0.2) is 0 Å². The Morgan fingerprint density at radius 3 is 2.71 bits per heavy atom. The first kappa shape index (κ1) is 19.8. The summed E-state index contributed by atoms with van der Waals surface area (Å²) in [6.45, 7) is 7.67. The van der Waals surface area contributed by atoms with Crippen LogP contribution in [0.1, 0.15) is 18.5 Å². The number of nitrogens with zero attached hydrogens (tertiary/aromatic N) is 4. The Morgan fingerprint density at radius 2 is 2.07 bits per heavy atom. The lowest BCUT2D eigenvalue weighted by atomic mass is 9.81. The smallest absolute Gasteiger partial charge is 0.312 e. The summed E-state index contributed by atoms with van der Waals surface area (Å²) in [5.74, 6) is -0.388. The molecule has 3 fully saturated rings. The van der Waals surface area contributed by atoms with Gasteiger partial charge in [0.1, 0.15) is 0 Å². The van der Waals surface area contributed by atoms with Gasteiger partial charge in [0.25, 0.3) is 0 Å². The van der Waals surface area contributed by atoms with E-state index < -0.39 is 11.4 Å². The second kappa shape index (κ2) is 8.45. The van der Waals surface area contributed by atoms with Gasteiger partial charge in [-0.1, -0.05) is 6.07 Å². The van der Waals surface area contributed by atoms with E-state index in [4.69, 9.17) is 4.74 Å². The molecule has 3 aliphatic heterocycles. The van der Waals surface area contributed by atoms with E-state index in [9.17, 15) is 9.90 Å². The molecule has 1 aromatic heterocycles. The Bertz CT molecular complexity index is 665. The number of carboxylic acids is 1. The van der Waals surface area contributed by atoms with Crippen molar-refractivity contribution in [2.45, 2.75) is 25.4 Å². The van der Waals surface area contributed by atoms with Crippen LogP contribution < -0.4 is 0 Å². The Balaban J connectivity index is 1.32. The van der Waals surface area contributed by atoms with Crippen LogP contribution in [-0.2, 0) is 16.1 Å². The van der Waals surface area contributed by atoms with Crippen molar-refractivity contribution in [3.8, 4) is 0 Å². The SMILES string of the molecule is COCCN1C[C@@H]2CN(C3CCN(Cc4ccccn4)CC3)C[C@]2(C(=O)O)C1. The minimum Gasteiger partial charge on any atom is -0.481 e. The number of likely N-dealkylation sites (tertiary alicyclic amines) is 3. The number of fused-ring (bicyclic) bond motifs is 1. The molecule has 0 unspecified atom stereocenters. The number of hydrogen-bond acceptors (Lipinski definition) is 6.